The molecule has 1 aliphatic rings. The lowest BCUT2D eigenvalue weighted by Gasteiger charge is -2.29. The number of anilines is 1. The van der Waals surface area contributed by atoms with Crippen LogP contribution in [-0.4, -0.2) is 23.1 Å². The van der Waals surface area contributed by atoms with Crippen LogP contribution in [0, 0.1) is 12.7 Å². The fourth-order valence-electron chi connectivity index (χ4n) is 3.29. The van der Waals surface area contributed by atoms with E-state index in [1.54, 1.807) is 6.07 Å². The summed E-state index contributed by atoms with van der Waals surface area (Å²) < 4.78 is 14.4. The van der Waals surface area contributed by atoms with Gasteiger partial charge in [0, 0.05) is 18.8 Å². The van der Waals surface area contributed by atoms with Crippen LogP contribution in [0.5, 0.6) is 0 Å². The maximum atomic E-state index is 14.4. The number of benzene rings is 2. The van der Waals surface area contributed by atoms with Gasteiger partial charge in [-0.25, -0.2) is 9.37 Å². The van der Waals surface area contributed by atoms with E-state index in [0.29, 0.717) is 11.4 Å². The molecule has 0 amide bonds. The predicted octanol–water partition coefficient (Wildman–Crippen LogP) is 4.67. The van der Waals surface area contributed by atoms with Crippen LogP contribution >= 0.6 is 0 Å². The van der Waals surface area contributed by atoms with Crippen molar-refractivity contribution in [2.45, 2.75) is 26.2 Å². The van der Waals surface area contributed by atoms with Crippen molar-refractivity contribution in [1.82, 2.24) is 9.97 Å². The molecule has 23 heavy (non-hydrogen) atoms. The van der Waals surface area contributed by atoms with Crippen LogP contribution in [-0.2, 0) is 0 Å². The molecule has 0 unspecified atom stereocenters. The lowest BCUT2D eigenvalue weighted by Crippen LogP contribution is -2.29. The first-order chi connectivity index (χ1) is 11.2. The van der Waals surface area contributed by atoms with Crippen LogP contribution in [0.4, 0.5) is 10.1 Å². The van der Waals surface area contributed by atoms with Crippen molar-refractivity contribution in [3.05, 3.63) is 47.8 Å². The summed E-state index contributed by atoms with van der Waals surface area (Å²) in [6.45, 7) is 4.13. The number of imidazole rings is 1. The van der Waals surface area contributed by atoms with Crippen LogP contribution in [0.1, 0.15) is 24.8 Å². The quantitative estimate of drug-likeness (QED) is 0.746. The SMILES string of the molecule is Cc1ccc2nc(-c3cc(N4CCCCC4)ccc3F)[nH]c2c1. The summed E-state index contributed by atoms with van der Waals surface area (Å²) in [5.41, 5.74) is 4.60. The van der Waals surface area contributed by atoms with Gasteiger partial charge in [0.05, 0.1) is 16.6 Å². The number of halogens is 1. The second kappa shape index (κ2) is 5.69. The van der Waals surface area contributed by atoms with Crippen molar-refractivity contribution >= 4 is 16.7 Å². The van der Waals surface area contributed by atoms with Gasteiger partial charge < -0.3 is 9.88 Å². The molecule has 1 saturated heterocycles. The molecule has 3 nitrogen and oxygen atoms in total. The highest BCUT2D eigenvalue weighted by atomic mass is 19.1. The van der Waals surface area contributed by atoms with Crippen molar-refractivity contribution in [1.29, 1.82) is 0 Å². The number of hydrogen-bond donors (Lipinski definition) is 1. The van der Waals surface area contributed by atoms with Gasteiger partial charge >= 0.3 is 0 Å². The van der Waals surface area contributed by atoms with Crippen LogP contribution in [0.3, 0.4) is 0 Å². The summed E-state index contributed by atoms with van der Waals surface area (Å²) in [7, 11) is 0. The number of aromatic amines is 1. The number of rotatable bonds is 2. The Labute approximate surface area is 135 Å². The normalized spacial score (nSPS) is 15.3. The Morgan fingerprint density at radius 1 is 1.04 bits per heavy atom. The molecule has 0 spiro atoms. The van der Waals surface area contributed by atoms with E-state index >= 15 is 0 Å². The molecule has 118 valence electrons. The molecule has 1 aromatic heterocycles. The number of nitrogens with one attached hydrogen (secondary N) is 1. The second-order valence-electron chi connectivity index (χ2n) is 6.32. The molecule has 0 bridgehead atoms. The Kier molecular flexibility index (Phi) is 3.52. The lowest BCUT2D eigenvalue weighted by molar-refractivity contribution is 0.576. The highest BCUT2D eigenvalue weighted by molar-refractivity contribution is 5.80. The van der Waals surface area contributed by atoms with E-state index in [0.717, 1.165) is 35.4 Å². The number of aromatic nitrogens is 2. The Balaban J connectivity index is 1.76. The topological polar surface area (TPSA) is 31.9 Å². The summed E-state index contributed by atoms with van der Waals surface area (Å²) in [5.74, 6) is 0.364. The zero-order valence-electron chi connectivity index (χ0n) is 13.3. The third kappa shape index (κ3) is 2.69. The molecular formula is C19H20FN3. The zero-order valence-corrected chi connectivity index (χ0v) is 13.3. The first-order valence-electron chi connectivity index (χ1n) is 8.22. The van der Waals surface area contributed by atoms with Gasteiger partial charge in [-0.1, -0.05) is 6.07 Å². The van der Waals surface area contributed by atoms with Gasteiger partial charge in [0.15, 0.2) is 0 Å². The minimum Gasteiger partial charge on any atom is -0.372 e. The third-order valence-electron chi connectivity index (χ3n) is 4.56. The van der Waals surface area contributed by atoms with Gasteiger partial charge in [-0.15, -0.1) is 0 Å². The van der Waals surface area contributed by atoms with Crippen LogP contribution in [0.25, 0.3) is 22.4 Å². The fraction of sp³-hybridized carbons (Fsp3) is 0.316. The number of nitrogens with zero attached hydrogens (tertiary/aromatic N) is 2. The van der Waals surface area contributed by atoms with E-state index in [-0.39, 0.29) is 5.82 Å². The highest BCUT2D eigenvalue weighted by Gasteiger charge is 2.15. The molecular weight excluding hydrogens is 289 g/mol. The standard InChI is InChI=1S/C19H20FN3/c1-13-5-8-17-18(11-13)22-19(21-17)15-12-14(6-7-16(15)20)23-9-3-2-4-10-23/h5-8,11-12H,2-4,9-10H2,1H3,(H,21,22). The number of fused-ring (bicyclic) bond motifs is 1. The van der Waals surface area contributed by atoms with Crippen LogP contribution < -0.4 is 4.90 Å². The molecule has 0 aliphatic carbocycles. The average Bonchev–Trinajstić information content (AvgIpc) is 2.99. The molecule has 0 radical (unpaired) electrons. The fourth-order valence-corrected chi connectivity index (χ4v) is 3.29. The maximum absolute atomic E-state index is 14.4. The maximum Gasteiger partial charge on any atom is 0.141 e. The Bertz CT molecular complexity index is 847. The number of aryl methyl sites for hydroxylation is 1. The molecule has 3 aromatic rings. The van der Waals surface area contributed by atoms with Crippen molar-refractivity contribution in [3.8, 4) is 11.4 Å². The van der Waals surface area contributed by atoms with Gasteiger partial charge in [0.25, 0.3) is 0 Å². The summed E-state index contributed by atoms with van der Waals surface area (Å²) in [6.07, 6.45) is 3.70. The zero-order chi connectivity index (χ0) is 15.8. The first kappa shape index (κ1) is 14.2. The number of hydrogen-bond acceptors (Lipinski definition) is 2. The molecule has 4 rings (SSSR count). The summed E-state index contributed by atoms with van der Waals surface area (Å²) in [5, 5.41) is 0. The van der Waals surface area contributed by atoms with E-state index in [4.69, 9.17) is 0 Å². The van der Waals surface area contributed by atoms with Crippen molar-refractivity contribution in [2.75, 3.05) is 18.0 Å². The molecule has 0 atom stereocenters. The van der Waals surface area contributed by atoms with E-state index in [1.807, 2.05) is 37.3 Å². The predicted molar refractivity (Wildman–Crippen MR) is 92.3 cm³/mol. The van der Waals surface area contributed by atoms with Crippen LogP contribution in [0.15, 0.2) is 36.4 Å². The molecule has 1 aliphatic heterocycles. The Hall–Kier alpha value is -2.36. The largest absolute Gasteiger partial charge is 0.372 e. The van der Waals surface area contributed by atoms with E-state index in [9.17, 15) is 4.39 Å². The van der Waals surface area contributed by atoms with Crippen molar-refractivity contribution in [3.63, 3.8) is 0 Å². The molecule has 1 N–H and O–H groups in total. The molecule has 1 fully saturated rings. The van der Waals surface area contributed by atoms with Gasteiger partial charge in [-0.05, 0) is 62.1 Å². The van der Waals surface area contributed by atoms with Gasteiger partial charge in [0.1, 0.15) is 11.6 Å². The highest BCUT2D eigenvalue weighted by Crippen LogP contribution is 2.29. The second-order valence-corrected chi connectivity index (χ2v) is 6.32. The van der Waals surface area contributed by atoms with Gasteiger partial charge in [-0.2, -0.15) is 0 Å². The first-order valence-corrected chi connectivity index (χ1v) is 8.22. The number of piperidine rings is 1. The van der Waals surface area contributed by atoms with Crippen LogP contribution in [0.2, 0.25) is 0 Å². The molecule has 2 heterocycles. The van der Waals surface area contributed by atoms with E-state index < -0.39 is 0 Å². The minimum absolute atomic E-state index is 0.235. The van der Waals surface area contributed by atoms with Gasteiger partial charge in [-0.3, -0.25) is 0 Å². The summed E-state index contributed by atoms with van der Waals surface area (Å²) >= 11 is 0. The molecule has 4 heteroatoms. The number of H-pyrrole nitrogens is 1. The molecule has 0 saturated carbocycles. The third-order valence-corrected chi connectivity index (χ3v) is 4.56. The summed E-state index contributed by atoms with van der Waals surface area (Å²) in [6, 6.07) is 11.4. The molecule has 2 aromatic carbocycles. The monoisotopic (exact) mass is 309 g/mol. The Morgan fingerprint density at radius 2 is 1.87 bits per heavy atom. The Morgan fingerprint density at radius 3 is 2.70 bits per heavy atom. The van der Waals surface area contributed by atoms with Crippen molar-refractivity contribution in [2.24, 2.45) is 0 Å². The average molecular weight is 309 g/mol. The minimum atomic E-state index is -0.235. The lowest BCUT2D eigenvalue weighted by atomic mass is 10.1. The summed E-state index contributed by atoms with van der Waals surface area (Å²) in [4.78, 5) is 10.1. The van der Waals surface area contributed by atoms with E-state index in [1.165, 1.54) is 19.3 Å². The van der Waals surface area contributed by atoms with Crippen molar-refractivity contribution < 1.29 is 4.39 Å². The van der Waals surface area contributed by atoms with E-state index in [2.05, 4.69) is 14.9 Å². The van der Waals surface area contributed by atoms with Gasteiger partial charge in [0.2, 0.25) is 0 Å². The smallest absolute Gasteiger partial charge is 0.141 e.